The van der Waals surface area contributed by atoms with Crippen molar-refractivity contribution in [1.82, 2.24) is 0 Å². The van der Waals surface area contributed by atoms with E-state index in [0.29, 0.717) is 0 Å². The highest BCUT2D eigenvalue weighted by atomic mass is 32.2. The molecule has 2 atom stereocenters. The minimum Gasteiger partial charge on any atom is -0.0243 e. The largest absolute Gasteiger partial charge is 0.119 e. The lowest BCUT2D eigenvalue weighted by Gasteiger charge is -1.72. The van der Waals surface area contributed by atoms with Gasteiger partial charge in [0.25, 0.3) is 0 Å². The van der Waals surface area contributed by atoms with Crippen LogP contribution in [0.25, 0.3) is 0 Å². The van der Waals surface area contributed by atoms with E-state index in [9.17, 15) is 0 Å². The lowest BCUT2D eigenvalue weighted by atomic mass is 10.3. The molecule has 1 aliphatic carbocycles. The van der Waals surface area contributed by atoms with Crippen LogP contribution in [0.2, 0.25) is 0 Å². The monoisotopic (exact) mass is 101 g/mol. The van der Waals surface area contributed by atoms with E-state index >= 15 is 0 Å². The van der Waals surface area contributed by atoms with E-state index in [4.69, 9.17) is 0 Å². The first-order chi connectivity index (χ1) is 2.97. The van der Waals surface area contributed by atoms with Crippen LogP contribution in [0.4, 0.5) is 0 Å². The van der Waals surface area contributed by atoms with E-state index in [2.05, 4.69) is 0 Å². The van der Waals surface area contributed by atoms with Crippen LogP contribution in [0, 0.1) is 5.92 Å². The lowest BCUT2D eigenvalue weighted by molar-refractivity contribution is 0.835. The highest BCUT2D eigenvalue weighted by Gasteiger charge is 2.48. The van der Waals surface area contributed by atoms with Gasteiger partial charge in [-0.15, -0.1) is 0 Å². The van der Waals surface area contributed by atoms with Crippen molar-refractivity contribution in [3.05, 3.63) is 0 Å². The van der Waals surface area contributed by atoms with Gasteiger partial charge in [-0.1, -0.05) is 0 Å². The Balaban J connectivity index is 2.09. The van der Waals surface area contributed by atoms with Gasteiger partial charge in [-0.3, -0.25) is 0 Å². The molecule has 1 saturated carbocycles. The normalized spacial score (nSPS) is 52.0. The second kappa shape index (κ2) is 0.945. The minimum absolute atomic E-state index is 1.19. The van der Waals surface area contributed by atoms with Gasteiger partial charge in [0, 0.05) is 12.3 Å². The molecule has 1 heterocycles. The Bertz CT molecular complexity index is 62.3. The van der Waals surface area contributed by atoms with Crippen molar-refractivity contribution in [2.24, 2.45) is 5.92 Å². The number of hydrogen-bond donors (Lipinski definition) is 0. The van der Waals surface area contributed by atoms with Crippen molar-refractivity contribution < 1.29 is 0 Å². The lowest BCUT2D eigenvalue weighted by Crippen LogP contribution is -1.82. The Kier molecular flexibility index (Phi) is 0.530. The fraction of sp³-hybridized carbons (Fsp3) is 1.00. The summed E-state index contributed by atoms with van der Waals surface area (Å²) in [5.41, 5.74) is 0. The van der Waals surface area contributed by atoms with Crippen LogP contribution in [0.1, 0.15) is 12.8 Å². The summed E-state index contributed by atoms with van der Waals surface area (Å²) in [7, 11) is 0. The first-order valence-electron chi connectivity index (χ1n) is 2.63. The van der Waals surface area contributed by atoms with Gasteiger partial charge in [-0.2, -0.15) is 0 Å². The van der Waals surface area contributed by atoms with Gasteiger partial charge < -0.3 is 0 Å². The summed E-state index contributed by atoms with van der Waals surface area (Å²) < 4.78 is 0. The molecule has 0 radical (unpaired) electrons. The van der Waals surface area contributed by atoms with Crippen molar-refractivity contribution in [3.63, 3.8) is 0 Å². The van der Waals surface area contributed by atoms with E-state index < -0.39 is 0 Å². The van der Waals surface area contributed by atoms with Gasteiger partial charge in [0.05, 0.1) is 0 Å². The van der Waals surface area contributed by atoms with Gasteiger partial charge >= 0.3 is 0 Å². The molecule has 0 amide bonds. The first kappa shape index (κ1) is 3.36. The van der Waals surface area contributed by atoms with Crippen molar-refractivity contribution in [2.45, 2.75) is 18.1 Å². The van der Waals surface area contributed by atoms with E-state index in [1.165, 1.54) is 16.9 Å². The van der Waals surface area contributed by atoms with E-state index in [1.54, 1.807) is 24.6 Å². The standard InChI is InChI=1S/C5H8S/c1-2-6-5-3-4(1)5/h4-5H,1-3H2/p+1/t4-,5?/m0/s1. The molecule has 2 rings (SSSR count). The third kappa shape index (κ3) is 0.320. The minimum atomic E-state index is 1.19. The Morgan fingerprint density at radius 2 is 2.50 bits per heavy atom. The van der Waals surface area contributed by atoms with Crippen LogP contribution >= 0.6 is 0 Å². The quantitative estimate of drug-likeness (QED) is 0.309. The third-order valence-electron chi connectivity index (χ3n) is 1.75. The molecule has 0 spiro atoms. The molecular formula is C5H9S+. The summed E-state index contributed by atoms with van der Waals surface area (Å²) in [6.45, 7) is 0. The second-order valence-corrected chi connectivity index (χ2v) is 3.73. The predicted octanol–water partition coefficient (Wildman–Crippen LogP) is 0.593. The molecule has 1 heteroatoms. The molecule has 2 aliphatic rings. The summed E-state index contributed by atoms with van der Waals surface area (Å²) in [6, 6.07) is 0. The van der Waals surface area contributed by atoms with E-state index in [-0.39, 0.29) is 0 Å². The average Bonchev–Trinajstić information content (AvgIpc) is 2.17. The van der Waals surface area contributed by atoms with Crippen LogP contribution in [-0.2, 0) is 11.8 Å². The molecule has 0 aromatic heterocycles. The summed E-state index contributed by atoms with van der Waals surface area (Å²) in [6.07, 6.45) is 3.12. The summed E-state index contributed by atoms with van der Waals surface area (Å²) in [5.74, 6) is 2.71. The van der Waals surface area contributed by atoms with Crippen LogP contribution in [-0.4, -0.2) is 11.0 Å². The fourth-order valence-corrected chi connectivity index (χ4v) is 2.85. The number of fused-ring (bicyclic) bond motifs is 1. The third-order valence-corrected chi connectivity index (χ3v) is 3.37. The second-order valence-electron chi connectivity index (χ2n) is 2.26. The smallest absolute Gasteiger partial charge is 0.0243 e. The Morgan fingerprint density at radius 3 is 2.67 bits per heavy atom. The van der Waals surface area contributed by atoms with Gasteiger partial charge in [0.15, 0.2) is 0 Å². The highest BCUT2D eigenvalue weighted by Crippen LogP contribution is 2.42. The molecular weight excluding hydrogens is 92.1 g/mol. The zero-order valence-corrected chi connectivity index (χ0v) is 4.62. The molecule has 0 bridgehead atoms. The summed E-state index contributed by atoms with van der Waals surface area (Å²) >= 11 is 1.76. The molecule has 0 nitrogen and oxygen atoms in total. The van der Waals surface area contributed by atoms with Crippen LogP contribution in [0.15, 0.2) is 0 Å². The summed E-state index contributed by atoms with van der Waals surface area (Å²) in [4.78, 5) is 0. The predicted molar refractivity (Wildman–Crippen MR) is 30.1 cm³/mol. The fourth-order valence-electron chi connectivity index (χ4n) is 1.17. The SMILES string of the molecule is C1C[C@H]2CC2[SH+]1. The van der Waals surface area contributed by atoms with Gasteiger partial charge in [0.1, 0.15) is 11.0 Å². The van der Waals surface area contributed by atoms with E-state index in [0.717, 1.165) is 0 Å². The zero-order valence-electron chi connectivity index (χ0n) is 3.72. The molecule has 0 aromatic carbocycles. The topological polar surface area (TPSA) is 0 Å². The van der Waals surface area contributed by atoms with Gasteiger partial charge in [0.2, 0.25) is 0 Å². The van der Waals surface area contributed by atoms with Crippen molar-refractivity contribution >= 4 is 11.8 Å². The highest BCUT2D eigenvalue weighted by molar-refractivity contribution is 7.79. The van der Waals surface area contributed by atoms with Crippen molar-refractivity contribution in [2.75, 3.05) is 5.75 Å². The molecule has 1 saturated heterocycles. The van der Waals surface area contributed by atoms with Gasteiger partial charge in [-0.05, 0) is 18.2 Å². The van der Waals surface area contributed by atoms with Crippen LogP contribution in [0.3, 0.4) is 0 Å². The molecule has 6 heavy (non-hydrogen) atoms. The number of rotatable bonds is 0. The van der Waals surface area contributed by atoms with Crippen LogP contribution in [0.5, 0.6) is 0 Å². The maximum atomic E-state index is 1.76. The van der Waals surface area contributed by atoms with Crippen LogP contribution < -0.4 is 0 Å². The van der Waals surface area contributed by atoms with E-state index in [1.807, 2.05) is 0 Å². The number of hydrogen-bond acceptors (Lipinski definition) is 0. The molecule has 0 N–H and O–H groups in total. The zero-order chi connectivity index (χ0) is 3.98. The maximum Gasteiger partial charge on any atom is 0.119 e. The Hall–Kier alpha value is 0.350. The maximum absolute atomic E-state index is 1.76. The Labute approximate surface area is 42.3 Å². The molecule has 34 valence electrons. The van der Waals surface area contributed by atoms with Gasteiger partial charge in [-0.25, -0.2) is 0 Å². The molecule has 1 aliphatic heterocycles. The Morgan fingerprint density at radius 1 is 1.50 bits per heavy atom. The number of thiol groups is 1. The van der Waals surface area contributed by atoms with Crippen molar-refractivity contribution in [1.29, 1.82) is 0 Å². The first-order valence-corrected chi connectivity index (χ1v) is 3.78. The molecule has 1 unspecified atom stereocenters. The van der Waals surface area contributed by atoms with Crippen molar-refractivity contribution in [3.8, 4) is 0 Å². The molecule has 2 fully saturated rings. The summed E-state index contributed by atoms with van der Waals surface area (Å²) in [5, 5.41) is 1.19. The molecule has 0 aromatic rings. The average molecular weight is 101 g/mol.